The molecule has 3 rings (SSSR count). The van der Waals surface area contributed by atoms with Gasteiger partial charge in [0.05, 0.1) is 26.9 Å². The quantitative estimate of drug-likeness (QED) is 0.759. The van der Waals surface area contributed by atoms with Crippen molar-refractivity contribution in [2.24, 2.45) is 0 Å². The zero-order valence-corrected chi connectivity index (χ0v) is 13.6. The standard InChI is InChI=1S/C16H20N4O4/c1-22-11-6-8(5-9-7-19-16(18)20-15(9)17)12-10(21)3-4-24-14(12)13(11)23-2/h6-7,10,21H,3-5H2,1-2H3,(H4,17,18,19,20). The lowest BCUT2D eigenvalue weighted by molar-refractivity contribution is 0.111. The van der Waals surface area contributed by atoms with Crippen molar-refractivity contribution in [1.82, 2.24) is 9.97 Å². The number of methoxy groups -OCH3 is 2. The lowest BCUT2D eigenvalue weighted by Crippen LogP contribution is -2.17. The van der Waals surface area contributed by atoms with Gasteiger partial charge in [-0.3, -0.25) is 0 Å². The zero-order chi connectivity index (χ0) is 17.3. The van der Waals surface area contributed by atoms with Gasteiger partial charge in [0.15, 0.2) is 11.5 Å². The predicted octanol–water partition coefficient (Wildman–Crippen LogP) is 1.06. The zero-order valence-electron chi connectivity index (χ0n) is 13.6. The van der Waals surface area contributed by atoms with Gasteiger partial charge in [-0.15, -0.1) is 0 Å². The summed E-state index contributed by atoms with van der Waals surface area (Å²) in [5.41, 5.74) is 13.7. The van der Waals surface area contributed by atoms with Crippen LogP contribution in [0.25, 0.3) is 0 Å². The number of aromatic nitrogens is 2. The highest BCUT2D eigenvalue weighted by molar-refractivity contribution is 5.61. The van der Waals surface area contributed by atoms with E-state index in [1.54, 1.807) is 13.3 Å². The number of rotatable bonds is 4. The van der Waals surface area contributed by atoms with E-state index in [1.165, 1.54) is 7.11 Å². The first-order chi connectivity index (χ1) is 11.5. The molecule has 1 aromatic carbocycles. The molecule has 128 valence electrons. The molecule has 2 aromatic rings. The van der Waals surface area contributed by atoms with Gasteiger partial charge in [-0.2, -0.15) is 4.98 Å². The Labute approximate surface area is 139 Å². The maximum Gasteiger partial charge on any atom is 0.221 e. The molecule has 0 aliphatic carbocycles. The molecule has 1 aliphatic rings. The minimum absolute atomic E-state index is 0.119. The number of nitrogens with zero attached hydrogens (tertiary/aromatic N) is 2. The Morgan fingerprint density at radius 2 is 2.08 bits per heavy atom. The number of nitrogens with two attached hydrogens (primary N) is 2. The summed E-state index contributed by atoms with van der Waals surface area (Å²) < 4.78 is 16.5. The van der Waals surface area contributed by atoms with Crippen LogP contribution in [0.15, 0.2) is 12.3 Å². The van der Waals surface area contributed by atoms with E-state index in [0.29, 0.717) is 53.6 Å². The van der Waals surface area contributed by atoms with E-state index in [2.05, 4.69) is 9.97 Å². The maximum absolute atomic E-state index is 10.5. The normalized spacial score (nSPS) is 16.2. The fourth-order valence-electron chi connectivity index (χ4n) is 2.87. The minimum atomic E-state index is -0.653. The Bertz CT molecular complexity index is 766. The van der Waals surface area contributed by atoms with Crippen LogP contribution in [-0.2, 0) is 6.42 Å². The molecule has 1 aliphatic heterocycles. The number of aliphatic hydroxyl groups excluding tert-OH is 1. The number of hydrogen-bond donors (Lipinski definition) is 3. The summed E-state index contributed by atoms with van der Waals surface area (Å²) in [6.45, 7) is 0.407. The largest absolute Gasteiger partial charge is 0.493 e. The van der Waals surface area contributed by atoms with Crippen LogP contribution in [-0.4, -0.2) is 35.9 Å². The summed E-state index contributed by atoms with van der Waals surface area (Å²) in [6, 6.07) is 1.81. The third-order valence-electron chi connectivity index (χ3n) is 4.02. The second-order valence-electron chi connectivity index (χ2n) is 5.48. The Balaban J connectivity index is 2.13. The third kappa shape index (κ3) is 2.76. The van der Waals surface area contributed by atoms with Crippen molar-refractivity contribution < 1.29 is 19.3 Å². The van der Waals surface area contributed by atoms with Gasteiger partial charge in [0.1, 0.15) is 5.82 Å². The number of hydrogen-bond acceptors (Lipinski definition) is 8. The van der Waals surface area contributed by atoms with Crippen LogP contribution in [0.4, 0.5) is 11.8 Å². The van der Waals surface area contributed by atoms with Crippen LogP contribution in [0.1, 0.15) is 29.2 Å². The monoisotopic (exact) mass is 332 g/mol. The molecule has 0 fully saturated rings. The number of nitrogen functional groups attached to an aromatic ring is 2. The fourth-order valence-corrected chi connectivity index (χ4v) is 2.87. The highest BCUT2D eigenvalue weighted by Gasteiger charge is 2.29. The van der Waals surface area contributed by atoms with E-state index >= 15 is 0 Å². The molecule has 5 N–H and O–H groups in total. The third-order valence-corrected chi connectivity index (χ3v) is 4.02. The van der Waals surface area contributed by atoms with Crippen LogP contribution in [0.2, 0.25) is 0 Å². The summed E-state index contributed by atoms with van der Waals surface area (Å²) in [4.78, 5) is 7.95. The average molecular weight is 332 g/mol. The summed E-state index contributed by atoms with van der Waals surface area (Å²) >= 11 is 0. The van der Waals surface area contributed by atoms with Gasteiger partial charge in [-0.1, -0.05) is 0 Å². The Morgan fingerprint density at radius 3 is 2.75 bits per heavy atom. The number of aliphatic hydroxyl groups is 1. The van der Waals surface area contributed by atoms with E-state index in [4.69, 9.17) is 25.7 Å². The summed E-state index contributed by atoms with van der Waals surface area (Å²) in [5, 5.41) is 10.5. The van der Waals surface area contributed by atoms with E-state index in [1.807, 2.05) is 6.07 Å². The molecule has 8 nitrogen and oxygen atoms in total. The van der Waals surface area contributed by atoms with Crippen molar-refractivity contribution in [2.45, 2.75) is 18.9 Å². The van der Waals surface area contributed by atoms with Gasteiger partial charge in [0, 0.05) is 30.2 Å². The number of anilines is 2. The fraction of sp³-hybridized carbons (Fsp3) is 0.375. The van der Waals surface area contributed by atoms with Crippen molar-refractivity contribution >= 4 is 11.8 Å². The second-order valence-corrected chi connectivity index (χ2v) is 5.48. The number of fused-ring (bicyclic) bond motifs is 1. The minimum Gasteiger partial charge on any atom is -0.493 e. The SMILES string of the molecule is COc1cc(Cc2cnc(N)nc2N)c2c(c1OC)OCCC2O. The maximum atomic E-state index is 10.5. The Hall–Kier alpha value is -2.74. The average Bonchev–Trinajstić information content (AvgIpc) is 2.56. The predicted molar refractivity (Wildman–Crippen MR) is 88.3 cm³/mol. The molecule has 1 aromatic heterocycles. The first-order valence-corrected chi connectivity index (χ1v) is 7.50. The van der Waals surface area contributed by atoms with E-state index in [0.717, 1.165) is 5.56 Å². The topological polar surface area (TPSA) is 126 Å². The van der Waals surface area contributed by atoms with Crippen LogP contribution in [0, 0.1) is 0 Å². The molecule has 1 atom stereocenters. The molecule has 24 heavy (non-hydrogen) atoms. The van der Waals surface area contributed by atoms with Crippen molar-refractivity contribution in [3.63, 3.8) is 0 Å². The molecule has 0 spiro atoms. The lowest BCUT2D eigenvalue weighted by Gasteiger charge is -2.27. The summed E-state index contributed by atoms with van der Waals surface area (Å²) in [6.07, 6.45) is 1.84. The van der Waals surface area contributed by atoms with E-state index < -0.39 is 6.10 Å². The molecular formula is C16H20N4O4. The van der Waals surface area contributed by atoms with E-state index in [9.17, 15) is 5.11 Å². The molecule has 0 amide bonds. The molecule has 0 saturated carbocycles. The molecule has 2 heterocycles. The molecule has 0 saturated heterocycles. The van der Waals surface area contributed by atoms with Crippen LogP contribution in [0.5, 0.6) is 17.2 Å². The molecule has 0 bridgehead atoms. The van der Waals surface area contributed by atoms with Crippen LogP contribution in [0.3, 0.4) is 0 Å². The van der Waals surface area contributed by atoms with E-state index in [-0.39, 0.29) is 5.95 Å². The second kappa shape index (κ2) is 6.40. The highest BCUT2D eigenvalue weighted by Crippen LogP contribution is 2.47. The first-order valence-electron chi connectivity index (χ1n) is 7.50. The van der Waals surface area contributed by atoms with Gasteiger partial charge in [0.25, 0.3) is 0 Å². The number of benzene rings is 1. The molecule has 8 heteroatoms. The van der Waals surface area contributed by atoms with Crippen molar-refractivity contribution in [3.8, 4) is 17.2 Å². The number of ether oxygens (including phenoxy) is 3. The molecule has 1 unspecified atom stereocenters. The first kappa shape index (κ1) is 16.1. The smallest absolute Gasteiger partial charge is 0.221 e. The van der Waals surface area contributed by atoms with Gasteiger partial charge >= 0.3 is 0 Å². The van der Waals surface area contributed by atoms with Crippen LogP contribution < -0.4 is 25.7 Å². The van der Waals surface area contributed by atoms with Crippen molar-refractivity contribution in [2.75, 3.05) is 32.3 Å². The molecule has 0 radical (unpaired) electrons. The Kier molecular flexibility index (Phi) is 4.30. The van der Waals surface area contributed by atoms with Crippen LogP contribution >= 0.6 is 0 Å². The molecular weight excluding hydrogens is 312 g/mol. The van der Waals surface area contributed by atoms with Gasteiger partial charge in [0.2, 0.25) is 11.7 Å². The lowest BCUT2D eigenvalue weighted by atomic mass is 9.92. The van der Waals surface area contributed by atoms with Gasteiger partial charge in [-0.05, 0) is 11.6 Å². The highest BCUT2D eigenvalue weighted by atomic mass is 16.5. The van der Waals surface area contributed by atoms with Gasteiger partial charge < -0.3 is 30.8 Å². The Morgan fingerprint density at radius 1 is 1.29 bits per heavy atom. The van der Waals surface area contributed by atoms with Crippen molar-refractivity contribution in [1.29, 1.82) is 0 Å². The summed E-state index contributed by atoms with van der Waals surface area (Å²) in [5.74, 6) is 1.92. The summed E-state index contributed by atoms with van der Waals surface area (Å²) in [7, 11) is 3.09. The van der Waals surface area contributed by atoms with Gasteiger partial charge in [-0.25, -0.2) is 4.98 Å². The van der Waals surface area contributed by atoms with Crippen molar-refractivity contribution in [3.05, 3.63) is 29.0 Å².